The minimum Gasteiger partial charge on any atom is -0.508 e. The molecule has 8 heteroatoms. The van der Waals surface area contributed by atoms with Crippen LogP contribution in [0.1, 0.15) is 100 Å². The normalized spacial score (nSPS) is 14.5. The molecule has 3 atom stereocenters. The van der Waals surface area contributed by atoms with Crippen LogP contribution in [0.25, 0.3) is 0 Å². The van der Waals surface area contributed by atoms with Crippen molar-refractivity contribution in [2.24, 2.45) is 5.92 Å². The number of benzene rings is 1. The smallest absolute Gasteiger partial charge is 0.408 e. The number of hydrogen-bond acceptors (Lipinski definition) is 5. The predicted molar refractivity (Wildman–Crippen MR) is 143 cm³/mol. The van der Waals surface area contributed by atoms with Gasteiger partial charge in [0.25, 0.3) is 0 Å². The van der Waals surface area contributed by atoms with Crippen molar-refractivity contribution in [3.05, 3.63) is 29.8 Å². The Bertz CT molecular complexity index is 891. The minimum atomic E-state index is -1.10. The summed E-state index contributed by atoms with van der Waals surface area (Å²) in [4.78, 5) is 42.1. The molecule has 8 nitrogen and oxygen atoms in total. The SMILES string of the molecule is CCCC(C)NC(=O)C(c1ccccc1O)N(C(=O)C(NC(=O)OC(C)(C)C)C(C)C)C(C)(C)CC. The summed E-state index contributed by atoms with van der Waals surface area (Å²) in [5.74, 6) is -1.17. The molecule has 0 saturated carbocycles. The summed E-state index contributed by atoms with van der Waals surface area (Å²) in [7, 11) is 0. The number of ether oxygens (including phenoxy) is 1. The first-order valence-electron chi connectivity index (χ1n) is 13.0. The topological polar surface area (TPSA) is 108 Å². The number of nitrogens with zero attached hydrogens (tertiary/aromatic N) is 1. The lowest BCUT2D eigenvalue weighted by molar-refractivity contribution is -0.150. The molecule has 204 valence electrons. The van der Waals surface area contributed by atoms with Gasteiger partial charge in [-0.3, -0.25) is 9.59 Å². The maximum Gasteiger partial charge on any atom is 0.408 e. The fraction of sp³-hybridized carbons (Fsp3) is 0.679. The van der Waals surface area contributed by atoms with Crippen LogP contribution >= 0.6 is 0 Å². The summed E-state index contributed by atoms with van der Waals surface area (Å²) < 4.78 is 5.41. The Morgan fingerprint density at radius 1 is 1.00 bits per heavy atom. The fourth-order valence-corrected chi connectivity index (χ4v) is 3.99. The van der Waals surface area contributed by atoms with E-state index >= 15 is 0 Å². The number of alkyl carbamates (subject to hydrolysis) is 1. The lowest BCUT2D eigenvalue weighted by atomic mass is 9.90. The zero-order valence-electron chi connectivity index (χ0n) is 23.8. The number of para-hydroxylation sites is 1. The van der Waals surface area contributed by atoms with E-state index in [4.69, 9.17) is 4.74 Å². The number of rotatable bonds is 11. The molecule has 0 radical (unpaired) electrons. The number of hydrogen-bond donors (Lipinski definition) is 3. The van der Waals surface area contributed by atoms with Crippen LogP contribution in [0.3, 0.4) is 0 Å². The van der Waals surface area contributed by atoms with Crippen molar-refractivity contribution < 1.29 is 24.2 Å². The monoisotopic (exact) mass is 505 g/mol. The van der Waals surface area contributed by atoms with Gasteiger partial charge < -0.3 is 25.4 Å². The second-order valence-corrected chi connectivity index (χ2v) is 11.4. The molecule has 3 amide bonds. The summed E-state index contributed by atoms with van der Waals surface area (Å²) >= 11 is 0. The van der Waals surface area contributed by atoms with Crippen molar-refractivity contribution >= 4 is 17.9 Å². The highest BCUT2D eigenvalue weighted by Gasteiger charge is 2.44. The standard InChI is InChI=1S/C28H47N3O5/c1-11-15-19(5)29-24(33)23(20-16-13-14-17-21(20)32)31(28(9,10)12-2)25(34)22(18(3)4)30-26(35)36-27(6,7)8/h13-14,16-19,22-23,32H,11-12,15H2,1-10H3,(H,29,33)(H,30,35). The maximum atomic E-state index is 14.2. The molecule has 1 aromatic rings. The van der Waals surface area contributed by atoms with E-state index in [1.165, 1.54) is 11.0 Å². The zero-order valence-corrected chi connectivity index (χ0v) is 23.8. The molecular weight excluding hydrogens is 458 g/mol. The van der Waals surface area contributed by atoms with Gasteiger partial charge >= 0.3 is 6.09 Å². The van der Waals surface area contributed by atoms with Crippen LogP contribution in [-0.4, -0.2) is 51.1 Å². The van der Waals surface area contributed by atoms with E-state index < -0.39 is 35.2 Å². The van der Waals surface area contributed by atoms with E-state index in [2.05, 4.69) is 10.6 Å². The molecule has 3 unspecified atom stereocenters. The Hall–Kier alpha value is -2.77. The molecule has 0 aromatic heterocycles. The minimum absolute atomic E-state index is 0.0771. The second-order valence-electron chi connectivity index (χ2n) is 11.4. The van der Waals surface area contributed by atoms with Crippen LogP contribution in [0, 0.1) is 5.92 Å². The van der Waals surface area contributed by atoms with Crippen molar-refractivity contribution in [2.45, 2.75) is 118 Å². The highest BCUT2D eigenvalue weighted by molar-refractivity contribution is 5.93. The molecule has 0 fully saturated rings. The first-order valence-corrected chi connectivity index (χ1v) is 13.0. The van der Waals surface area contributed by atoms with E-state index in [0.29, 0.717) is 12.0 Å². The molecule has 0 heterocycles. The van der Waals surface area contributed by atoms with Gasteiger partial charge in [0, 0.05) is 17.1 Å². The van der Waals surface area contributed by atoms with Crippen LogP contribution in [0.5, 0.6) is 5.75 Å². The average Bonchev–Trinajstić information content (AvgIpc) is 2.74. The van der Waals surface area contributed by atoms with E-state index in [9.17, 15) is 19.5 Å². The fourth-order valence-electron chi connectivity index (χ4n) is 3.99. The Balaban J connectivity index is 3.64. The molecule has 0 bridgehead atoms. The third-order valence-corrected chi connectivity index (χ3v) is 6.21. The molecular formula is C28H47N3O5. The van der Waals surface area contributed by atoms with Crippen molar-refractivity contribution in [3.8, 4) is 5.75 Å². The van der Waals surface area contributed by atoms with Crippen molar-refractivity contribution in [1.29, 1.82) is 0 Å². The van der Waals surface area contributed by atoms with E-state index in [-0.39, 0.29) is 23.6 Å². The van der Waals surface area contributed by atoms with Crippen LogP contribution in [0.2, 0.25) is 0 Å². The number of aromatic hydroxyl groups is 1. The largest absolute Gasteiger partial charge is 0.508 e. The number of phenolic OH excluding ortho intramolecular Hbond substituents is 1. The Labute approximate surface area is 217 Å². The van der Waals surface area contributed by atoms with Crippen LogP contribution in [-0.2, 0) is 14.3 Å². The first-order chi connectivity index (χ1) is 16.6. The highest BCUT2D eigenvalue weighted by atomic mass is 16.6. The van der Waals surface area contributed by atoms with Gasteiger partial charge in [0.15, 0.2) is 0 Å². The van der Waals surface area contributed by atoms with Gasteiger partial charge in [0.2, 0.25) is 11.8 Å². The van der Waals surface area contributed by atoms with Crippen LogP contribution in [0.15, 0.2) is 24.3 Å². The van der Waals surface area contributed by atoms with E-state index in [1.54, 1.807) is 39.0 Å². The summed E-state index contributed by atoms with van der Waals surface area (Å²) in [5, 5.41) is 16.5. The summed E-state index contributed by atoms with van der Waals surface area (Å²) in [6, 6.07) is 4.40. The molecule has 0 aliphatic rings. The molecule has 1 rings (SSSR count). The molecule has 0 aliphatic heterocycles. The molecule has 0 saturated heterocycles. The number of phenols is 1. The van der Waals surface area contributed by atoms with Gasteiger partial charge in [-0.15, -0.1) is 0 Å². The van der Waals surface area contributed by atoms with Gasteiger partial charge in [-0.05, 0) is 66.4 Å². The third kappa shape index (κ3) is 8.71. The lowest BCUT2D eigenvalue weighted by Crippen LogP contribution is -2.60. The van der Waals surface area contributed by atoms with Crippen LogP contribution < -0.4 is 10.6 Å². The number of amides is 3. The molecule has 36 heavy (non-hydrogen) atoms. The molecule has 0 aliphatic carbocycles. The van der Waals surface area contributed by atoms with Gasteiger partial charge in [-0.2, -0.15) is 0 Å². The Morgan fingerprint density at radius 3 is 2.06 bits per heavy atom. The predicted octanol–water partition coefficient (Wildman–Crippen LogP) is 5.30. The summed E-state index contributed by atoms with van der Waals surface area (Å²) in [6.45, 7) is 18.6. The maximum absolute atomic E-state index is 14.2. The van der Waals surface area contributed by atoms with Gasteiger partial charge in [0.1, 0.15) is 23.4 Å². The number of nitrogens with one attached hydrogen (secondary N) is 2. The third-order valence-electron chi connectivity index (χ3n) is 6.21. The van der Waals surface area contributed by atoms with Crippen molar-refractivity contribution in [3.63, 3.8) is 0 Å². The average molecular weight is 506 g/mol. The van der Waals surface area contributed by atoms with Crippen molar-refractivity contribution in [2.75, 3.05) is 0 Å². The molecule has 3 N–H and O–H groups in total. The first kappa shape index (κ1) is 31.3. The van der Waals surface area contributed by atoms with Crippen molar-refractivity contribution in [1.82, 2.24) is 15.5 Å². The Kier molecular flexibility index (Phi) is 11.3. The molecule has 0 spiro atoms. The van der Waals surface area contributed by atoms with E-state index in [0.717, 1.165) is 12.8 Å². The number of carbonyl (C=O) groups excluding carboxylic acids is 3. The van der Waals surface area contributed by atoms with Crippen LogP contribution in [0.4, 0.5) is 4.79 Å². The molecule has 1 aromatic carbocycles. The second kappa shape index (κ2) is 13.0. The quantitative estimate of drug-likeness (QED) is 0.378. The Morgan fingerprint density at radius 2 is 1.58 bits per heavy atom. The van der Waals surface area contributed by atoms with Gasteiger partial charge in [0.05, 0.1) is 0 Å². The number of carbonyl (C=O) groups is 3. The lowest BCUT2D eigenvalue weighted by Gasteiger charge is -2.45. The summed E-state index contributed by atoms with van der Waals surface area (Å²) in [6.07, 6.45) is 1.50. The summed E-state index contributed by atoms with van der Waals surface area (Å²) in [5.41, 5.74) is -1.18. The zero-order chi connectivity index (χ0) is 27.8. The van der Waals surface area contributed by atoms with Gasteiger partial charge in [-0.25, -0.2) is 4.79 Å². The highest BCUT2D eigenvalue weighted by Crippen LogP contribution is 2.36. The van der Waals surface area contributed by atoms with E-state index in [1.807, 2.05) is 48.5 Å². The van der Waals surface area contributed by atoms with Gasteiger partial charge in [-0.1, -0.05) is 52.3 Å².